The van der Waals surface area contributed by atoms with Crippen molar-refractivity contribution in [2.45, 2.75) is 19.8 Å². The maximum absolute atomic E-state index is 12.6. The predicted molar refractivity (Wildman–Crippen MR) is 113 cm³/mol. The number of fused-ring (bicyclic) bond motifs is 1. The summed E-state index contributed by atoms with van der Waals surface area (Å²) in [5.74, 6) is -0.0611. The van der Waals surface area contributed by atoms with Gasteiger partial charge in [-0.2, -0.15) is 0 Å². The van der Waals surface area contributed by atoms with E-state index in [1.165, 1.54) is 5.56 Å². The molecule has 1 aliphatic rings. The van der Waals surface area contributed by atoms with E-state index < -0.39 is 11.8 Å². The summed E-state index contributed by atoms with van der Waals surface area (Å²) in [5.41, 5.74) is 4.90. The van der Waals surface area contributed by atoms with Crippen LogP contribution in [0.2, 0.25) is 0 Å². The van der Waals surface area contributed by atoms with Crippen molar-refractivity contribution in [3.05, 3.63) is 58.1 Å². The van der Waals surface area contributed by atoms with Crippen LogP contribution in [0.3, 0.4) is 0 Å². The summed E-state index contributed by atoms with van der Waals surface area (Å²) < 4.78 is 5.51. The van der Waals surface area contributed by atoms with Crippen molar-refractivity contribution in [3.63, 3.8) is 0 Å². The first kappa shape index (κ1) is 18.5. The van der Waals surface area contributed by atoms with E-state index in [4.69, 9.17) is 4.74 Å². The number of hydrogen-bond donors (Lipinski definition) is 2. The molecule has 0 atom stereocenters. The van der Waals surface area contributed by atoms with Crippen LogP contribution in [0.4, 0.5) is 0 Å². The molecule has 142 valence electrons. The van der Waals surface area contributed by atoms with Crippen molar-refractivity contribution < 1.29 is 14.3 Å². The van der Waals surface area contributed by atoms with Gasteiger partial charge in [-0.25, -0.2) is 0 Å². The minimum atomic E-state index is -0.417. The molecule has 1 aromatic heterocycles. The highest BCUT2D eigenvalue weighted by Crippen LogP contribution is 2.40. The second-order valence-corrected chi connectivity index (χ2v) is 7.50. The molecular formula is C22H19BrN2O3. The van der Waals surface area contributed by atoms with Crippen molar-refractivity contribution in [3.8, 4) is 17.0 Å². The number of aryl methyl sites for hydroxylation is 1. The number of benzene rings is 2. The molecular weight excluding hydrogens is 420 g/mol. The van der Waals surface area contributed by atoms with Crippen molar-refractivity contribution in [1.29, 1.82) is 0 Å². The van der Waals surface area contributed by atoms with E-state index in [9.17, 15) is 9.59 Å². The Labute approximate surface area is 170 Å². The molecule has 2 amide bonds. The van der Waals surface area contributed by atoms with Gasteiger partial charge in [0.1, 0.15) is 5.75 Å². The summed E-state index contributed by atoms with van der Waals surface area (Å²) in [7, 11) is 1.62. The number of H-pyrrole nitrogens is 1. The predicted octanol–water partition coefficient (Wildman–Crippen LogP) is 4.56. The standard InChI is InChI=1S/C22H19BrN2O3/c1-3-4-12-5-10-16-15(11-12)17(18-19(23)22(27)25-21(18)26)20(24-16)13-6-8-14(28-2)9-7-13/h5-11,24H,3-4H2,1-2H3,(H,25,26,27). The maximum atomic E-state index is 12.6. The van der Waals surface area contributed by atoms with E-state index in [1.54, 1.807) is 7.11 Å². The number of rotatable bonds is 5. The Kier molecular flexibility index (Phi) is 4.81. The van der Waals surface area contributed by atoms with Crippen molar-refractivity contribution in [2.24, 2.45) is 0 Å². The largest absolute Gasteiger partial charge is 0.497 e. The molecule has 3 aromatic rings. The highest BCUT2D eigenvalue weighted by atomic mass is 79.9. The van der Waals surface area contributed by atoms with Gasteiger partial charge in [-0.05, 0) is 69.9 Å². The summed E-state index contributed by atoms with van der Waals surface area (Å²) in [6.45, 7) is 2.13. The molecule has 28 heavy (non-hydrogen) atoms. The zero-order chi connectivity index (χ0) is 19.8. The van der Waals surface area contributed by atoms with E-state index in [-0.39, 0.29) is 4.48 Å². The number of hydrogen-bond acceptors (Lipinski definition) is 3. The molecule has 0 fully saturated rings. The fourth-order valence-corrected chi connectivity index (χ4v) is 4.05. The second kappa shape index (κ2) is 7.28. The lowest BCUT2D eigenvalue weighted by molar-refractivity contribution is -0.123. The summed E-state index contributed by atoms with van der Waals surface area (Å²) >= 11 is 3.31. The molecule has 0 spiro atoms. The van der Waals surface area contributed by atoms with Crippen LogP contribution in [0.5, 0.6) is 5.75 Å². The van der Waals surface area contributed by atoms with Crippen LogP contribution in [-0.2, 0) is 16.0 Å². The summed E-state index contributed by atoms with van der Waals surface area (Å²) in [4.78, 5) is 28.1. The lowest BCUT2D eigenvalue weighted by atomic mass is 9.97. The average Bonchev–Trinajstić information content (AvgIpc) is 3.18. The Balaban J connectivity index is 2.01. The van der Waals surface area contributed by atoms with Crippen LogP contribution in [0, 0.1) is 0 Å². The summed E-state index contributed by atoms with van der Waals surface area (Å²) in [6, 6.07) is 13.8. The molecule has 4 rings (SSSR count). The van der Waals surface area contributed by atoms with Gasteiger partial charge in [0.15, 0.2) is 0 Å². The van der Waals surface area contributed by atoms with Crippen LogP contribution >= 0.6 is 15.9 Å². The van der Waals surface area contributed by atoms with E-state index in [0.717, 1.165) is 46.3 Å². The maximum Gasteiger partial charge on any atom is 0.265 e. The number of aromatic amines is 1. The topological polar surface area (TPSA) is 71.2 Å². The Morgan fingerprint density at radius 1 is 1.04 bits per heavy atom. The molecule has 1 aliphatic heterocycles. The molecule has 0 saturated heterocycles. The Morgan fingerprint density at radius 3 is 2.39 bits per heavy atom. The first-order valence-electron chi connectivity index (χ1n) is 9.08. The van der Waals surface area contributed by atoms with Gasteiger partial charge in [0, 0.05) is 16.5 Å². The first-order chi connectivity index (χ1) is 13.5. The third-order valence-corrected chi connectivity index (χ3v) is 5.66. The molecule has 0 saturated carbocycles. The fourth-order valence-electron chi connectivity index (χ4n) is 3.57. The Morgan fingerprint density at radius 2 is 1.79 bits per heavy atom. The molecule has 0 aliphatic carbocycles. The fraction of sp³-hybridized carbons (Fsp3) is 0.182. The molecule has 6 heteroatoms. The molecule has 2 heterocycles. The number of halogens is 1. The van der Waals surface area contributed by atoms with Gasteiger partial charge in [0.2, 0.25) is 0 Å². The molecule has 0 bridgehead atoms. The van der Waals surface area contributed by atoms with Crippen LogP contribution in [-0.4, -0.2) is 23.9 Å². The van der Waals surface area contributed by atoms with E-state index >= 15 is 0 Å². The first-order valence-corrected chi connectivity index (χ1v) is 9.87. The molecule has 0 radical (unpaired) electrons. The molecule has 2 aromatic carbocycles. The third-order valence-electron chi connectivity index (χ3n) is 4.90. The van der Waals surface area contributed by atoms with Gasteiger partial charge in [-0.15, -0.1) is 0 Å². The van der Waals surface area contributed by atoms with Gasteiger partial charge < -0.3 is 9.72 Å². The van der Waals surface area contributed by atoms with Crippen LogP contribution in [0.15, 0.2) is 46.9 Å². The van der Waals surface area contributed by atoms with Gasteiger partial charge in [-0.1, -0.05) is 19.4 Å². The van der Waals surface area contributed by atoms with Gasteiger partial charge in [0.05, 0.1) is 22.9 Å². The van der Waals surface area contributed by atoms with Gasteiger partial charge in [-0.3, -0.25) is 14.9 Å². The van der Waals surface area contributed by atoms with Crippen molar-refractivity contribution >= 4 is 44.2 Å². The number of methoxy groups -OCH3 is 1. The normalized spacial score (nSPS) is 14.1. The van der Waals surface area contributed by atoms with Gasteiger partial charge in [0.25, 0.3) is 11.8 Å². The number of aromatic nitrogens is 1. The SMILES string of the molecule is CCCc1ccc2[nH]c(-c3ccc(OC)cc3)c(C3=C(Br)C(=O)NC3=O)c2c1. The molecule has 0 unspecified atom stereocenters. The lowest BCUT2D eigenvalue weighted by Gasteiger charge is -2.07. The quantitative estimate of drug-likeness (QED) is 0.573. The Hall–Kier alpha value is -2.86. The molecule has 5 nitrogen and oxygen atoms in total. The third kappa shape index (κ3) is 3.03. The zero-order valence-electron chi connectivity index (χ0n) is 15.6. The Bertz CT molecular complexity index is 1130. The number of amides is 2. The number of carbonyl (C=O) groups is 2. The van der Waals surface area contributed by atoms with Crippen molar-refractivity contribution in [2.75, 3.05) is 7.11 Å². The summed E-state index contributed by atoms with van der Waals surface area (Å²) in [5, 5.41) is 3.30. The smallest absolute Gasteiger partial charge is 0.265 e. The number of ether oxygens (including phenoxy) is 1. The second-order valence-electron chi connectivity index (χ2n) is 6.71. The number of nitrogens with one attached hydrogen (secondary N) is 2. The highest BCUT2D eigenvalue weighted by Gasteiger charge is 2.33. The minimum absolute atomic E-state index is 0.258. The van der Waals surface area contributed by atoms with E-state index in [1.807, 2.05) is 30.3 Å². The van der Waals surface area contributed by atoms with Crippen LogP contribution in [0.25, 0.3) is 27.7 Å². The summed E-state index contributed by atoms with van der Waals surface area (Å²) in [6.07, 6.45) is 1.98. The molecule has 2 N–H and O–H groups in total. The lowest BCUT2D eigenvalue weighted by Crippen LogP contribution is -2.22. The van der Waals surface area contributed by atoms with Crippen LogP contribution in [0.1, 0.15) is 24.5 Å². The average molecular weight is 439 g/mol. The van der Waals surface area contributed by atoms with Gasteiger partial charge >= 0.3 is 0 Å². The minimum Gasteiger partial charge on any atom is -0.497 e. The number of carbonyl (C=O) groups excluding carboxylic acids is 2. The van der Waals surface area contributed by atoms with Crippen molar-refractivity contribution in [1.82, 2.24) is 10.3 Å². The zero-order valence-corrected chi connectivity index (χ0v) is 17.1. The number of imide groups is 1. The highest BCUT2D eigenvalue weighted by molar-refractivity contribution is 9.12. The van der Waals surface area contributed by atoms with Crippen LogP contribution < -0.4 is 10.1 Å². The van der Waals surface area contributed by atoms with E-state index in [2.05, 4.69) is 45.3 Å². The van der Waals surface area contributed by atoms with E-state index in [0.29, 0.717) is 5.57 Å². The monoisotopic (exact) mass is 438 g/mol.